The molecule has 120 valence electrons. The number of aromatic hydroxyl groups is 1. The monoisotopic (exact) mass is 307 g/mol. The van der Waals surface area contributed by atoms with E-state index in [1.54, 1.807) is 6.07 Å². The van der Waals surface area contributed by atoms with E-state index < -0.39 is 0 Å². The van der Waals surface area contributed by atoms with Gasteiger partial charge < -0.3 is 10.4 Å². The molecule has 1 unspecified atom stereocenters. The Labute approximate surface area is 138 Å². The van der Waals surface area contributed by atoms with Crippen LogP contribution in [0, 0.1) is 0 Å². The highest BCUT2D eigenvalue weighted by Gasteiger charge is 2.15. The van der Waals surface area contributed by atoms with E-state index in [4.69, 9.17) is 0 Å². The molecule has 0 amide bonds. The number of phenolic OH excluding ortho intramolecular Hbond substituents is 1. The van der Waals surface area contributed by atoms with Crippen molar-refractivity contribution in [1.82, 2.24) is 5.32 Å². The Morgan fingerprint density at radius 1 is 1.00 bits per heavy atom. The van der Waals surface area contributed by atoms with E-state index in [9.17, 15) is 5.11 Å². The van der Waals surface area contributed by atoms with Crippen LogP contribution in [0.5, 0.6) is 5.75 Å². The van der Waals surface area contributed by atoms with Crippen LogP contribution in [0.25, 0.3) is 5.57 Å². The van der Waals surface area contributed by atoms with Crippen molar-refractivity contribution in [2.45, 2.75) is 38.1 Å². The van der Waals surface area contributed by atoms with Gasteiger partial charge in [0.25, 0.3) is 0 Å². The van der Waals surface area contributed by atoms with Crippen molar-refractivity contribution in [1.29, 1.82) is 0 Å². The van der Waals surface area contributed by atoms with Gasteiger partial charge in [-0.2, -0.15) is 0 Å². The topological polar surface area (TPSA) is 32.3 Å². The molecule has 0 bridgehead atoms. The average Bonchev–Trinajstić information content (AvgIpc) is 2.60. The van der Waals surface area contributed by atoms with Gasteiger partial charge in [-0.05, 0) is 55.9 Å². The van der Waals surface area contributed by atoms with Crippen LogP contribution in [0.2, 0.25) is 0 Å². The van der Waals surface area contributed by atoms with Crippen LogP contribution >= 0.6 is 0 Å². The van der Waals surface area contributed by atoms with Crippen molar-refractivity contribution >= 4 is 5.57 Å². The van der Waals surface area contributed by atoms with Crippen molar-refractivity contribution in [2.24, 2.45) is 0 Å². The van der Waals surface area contributed by atoms with Crippen LogP contribution in [0.4, 0.5) is 0 Å². The van der Waals surface area contributed by atoms with Gasteiger partial charge in [-0.15, -0.1) is 0 Å². The summed E-state index contributed by atoms with van der Waals surface area (Å²) in [6.45, 7) is 1.03. The maximum absolute atomic E-state index is 10.0. The summed E-state index contributed by atoms with van der Waals surface area (Å²) in [6.07, 6.45) is 8.00. The highest BCUT2D eigenvalue weighted by molar-refractivity contribution is 5.71. The first-order chi connectivity index (χ1) is 11.3. The number of nitrogens with one attached hydrogen (secondary N) is 1. The molecule has 1 aliphatic rings. The van der Waals surface area contributed by atoms with Crippen molar-refractivity contribution in [2.75, 3.05) is 6.54 Å². The molecule has 0 aliphatic heterocycles. The fourth-order valence-corrected chi connectivity index (χ4v) is 3.28. The van der Waals surface area contributed by atoms with E-state index in [1.165, 1.54) is 24.0 Å². The van der Waals surface area contributed by atoms with Crippen molar-refractivity contribution in [3.05, 3.63) is 71.8 Å². The first kappa shape index (κ1) is 15.8. The number of hydrogen-bond acceptors (Lipinski definition) is 2. The Morgan fingerprint density at radius 3 is 2.61 bits per heavy atom. The Morgan fingerprint density at radius 2 is 1.78 bits per heavy atom. The summed E-state index contributed by atoms with van der Waals surface area (Å²) in [5.74, 6) is 0.392. The number of rotatable bonds is 6. The lowest BCUT2D eigenvalue weighted by molar-refractivity contribution is 0.472. The number of phenols is 1. The van der Waals surface area contributed by atoms with E-state index in [0.717, 1.165) is 31.4 Å². The largest absolute Gasteiger partial charge is 0.507 e. The molecular weight excluding hydrogens is 282 g/mol. The van der Waals surface area contributed by atoms with Gasteiger partial charge in [0, 0.05) is 11.6 Å². The molecule has 0 spiro atoms. The zero-order valence-electron chi connectivity index (χ0n) is 13.5. The van der Waals surface area contributed by atoms with Crippen LogP contribution < -0.4 is 5.32 Å². The molecule has 0 saturated heterocycles. The van der Waals surface area contributed by atoms with Gasteiger partial charge in [0.1, 0.15) is 5.75 Å². The van der Waals surface area contributed by atoms with Crippen LogP contribution in [0.15, 0.2) is 60.7 Å². The molecular formula is C21H25NO. The molecule has 0 heterocycles. The minimum atomic E-state index is 0.392. The smallest absolute Gasteiger partial charge is 0.123 e. The Hall–Kier alpha value is -2.06. The number of hydrogen-bond donors (Lipinski definition) is 2. The molecule has 0 aromatic heterocycles. The highest BCUT2D eigenvalue weighted by atomic mass is 16.3. The zero-order valence-corrected chi connectivity index (χ0v) is 13.5. The summed E-state index contributed by atoms with van der Waals surface area (Å²) in [6, 6.07) is 18.7. The van der Waals surface area contributed by atoms with Crippen LogP contribution in [0.3, 0.4) is 0 Å². The number of aryl methyl sites for hydroxylation is 1. The second kappa shape index (κ2) is 7.98. The van der Waals surface area contributed by atoms with Crippen molar-refractivity contribution in [3.8, 4) is 5.75 Å². The predicted octanol–water partition coefficient (Wildman–Crippen LogP) is 4.55. The molecule has 23 heavy (non-hydrogen) atoms. The quantitative estimate of drug-likeness (QED) is 0.767. The summed E-state index contributed by atoms with van der Waals surface area (Å²) >= 11 is 0. The van der Waals surface area contributed by atoms with Gasteiger partial charge in [0.2, 0.25) is 0 Å². The summed E-state index contributed by atoms with van der Waals surface area (Å²) in [5.41, 5.74) is 3.67. The van der Waals surface area contributed by atoms with Crippen LogP contribution in [-0.4, -0.2) is 17.7 Å². The minimum absolute atomic E-state index is 0.392. The average molecular weight is 307 g/mol. The lowest BCUT2D eigenvalue weighted by atomic mass is 9.90. The number of benzene rings is 2. The number of allylic oxidation sites excluding steroid dienone is 1. The number of para-hydroxylation sites is 1. The van der Waals surface area contributed by atoms with Gasteiger partial charge in [-0.3, -0.25) is 0 Å². The van der Waals surface area contributed by atoms with Gasteiger partial charge >= 0.3 is 0 Å². The fraction of sp³-hybridized carbons (Fsp3) is 0.333. The SMILES string of the molecule is Oc1ccccc1C1=CC(NCCCc2ccccc2)CCC1. The predicted molar refractivity (Wildman–Crippen MR) is 96.5 cm³/mol. The maximum atomic E-state index is 10.0. The molecule has 3 rings (SSSR count). The van der Waals surface area contributed by atoms with Crippen molar-refractivity contribution in [3.63, 3.8) is 0 Å². The third-order valence-electron chi connectivity index (χ3n) is 4.51. The third kappa shape index (κ3) is 4.46. The Balaban J connectivity index is 1.52. The summed E-state index contributed by atoms with van der Waals surface area (Å²) in [4.78, 5) is 0. The fourth-order valence-electron chi connectivity index (χ4n) is 3.28. The molecule has 1 atom stereocenters. The van der Waals surface area contributed by atoms with Crippen LogP contribution in [-0.2, 0) is 6.42 Å². The van der Waals surface area contributed by atoms with E-state index in [0.29, 0.717) is 11.8 Å². The highest BCUT2D eigenvalue weighted by Crippen LogP contribution is 2.32. The summed E-state index contributed by atoms with van der Waals surface area (Å²) in [7, 11) is 0. The van der Waals surface area contributed by atoms with E-state index >= 15 is 0 Å². The van der Waals surface area contributed by atoms with E-state index in [1.807, 2.05) is 18.2 Å². The first-order valence-corrected chi connectivity index (χ1v) is 8.59. The Bertz CT molecular complexity index is 648. The standard InChI is InChI=1S/C21H25NO/c23-21-14-5-4-13-20(21)18-11-6-12-19(16-18)22-15-7-10-17-8-2-1-3-9-17/h1-5,8-9,13-14,16,19,22-23H,6-7,10-12,15H2. The van der Waals surface area contributed by atoms with Crippen LogP contribution in [0.1, 0.15) is 36.8 Å². The molecule has 2 heteroatoms. The molecule has 0 saturated carbocycles. The van der Waals surface area contributed by atoms with Gasteiger partial charge in [0.15, 0.2) is 0 Å². The molecule has 2 aromatic carbocycles. The zero-order chi connectivity index (χ0) is 15.9. The molecule has 0 radical (unpaired) electrons. The molecule has 1 aliphatic carbocycles. The van der Waals surface area contributed by atoms with E-state index in [-0.39, 0.29) is 0 Å². The molecule has 2 N–H and O–H groups in total. The lowest BCUT2D eigenvalue weighted by Gasteiger charge is -2.23. The van der Waals surface area contributed by atoms with Crippen molar-refractivity contribution < 1.29 is 5.11 Å². The summed E-state index contributed by atoms with van der Waals surface area (Å²) < 4.78 is 0. The Kier molecular flexibility index (Phi) is 5.49. The van der Waals surface area contributed by atoms with Gasteiger partial charge in [-0.1, -0.05) is 54.6 Å². The molecule has 2 nitrogen and oxygen atoms in total. The summed E-state index contributed by atoms with van der Waals surface area (Å²) in [5, 5.41) is 13.7. The molecule has 2 aromatic rings. The first-order valence-electron chi connectivity index (χ1n) is 8.59. The minimum Gasteiger partial charge on any atom is -0.507 e. The second-order valence-corrected chi connectivity index (χ2v) is 6.25. The van der Waals surface area contributed by atoms with E-state index in [2.05, 4.69) is 41.7 Å². The normalized spacial score (nSPS) is 17.7. The third-order valence-corrected chi connectivity index (χ3v) is 4.51. The van der Waals surface area contributed by atoms with Gasteiger partial charge in [0.05, 0.1) is 0 Å². The van der Waals surface area contributed by atoms with Gasteiger partial charge in [-0.25, -0.2) is 0 Å². The maximum Gasteiger partial charge on any atom is 0.123 e. The lowest BCUT2D eigenvalue weighted by Crippen LogP contribution is -2.30. The molecule has 0 fully saturated rings. The second-order valence-electron chi connectivity index (χ2n) is 6.25.